The number of rotatable bonds is 0. The van der Waals surface area contributed by atoms with Crippen molar-refractivity contribution in [3.05, 3.63) is 70.5 Å². The van der Waals surface area contributed by atoms with Crippen LogP contribution in [0.4, 0.5) is 13.2 Å². The van der Waals surface area contributed by atoms with Crippen LogP contribution < -0.4 is 5.56 Å². The standard InChI is InChI=1S/C19H9F3N2O/c20-19(21,22)12-9-8-10-4-3-5-11-15(10)16(12)17-23-13-6-1-2-7-14(13)24(17)18(11)25/h1-9H. The summed E-state index contributed by atoms with van der Waals surface area (Å²) in [5.74, 6) is 0. The number of nitrogens with zero attached hydrogens (tertiary/aromatic N) is 2. The van der Waals surface area contributed by atoms with Gasteiger partial charge in [0.25, 0.3) is 5.56 Å². The van der Waals surface area contributed by atoms with E-state index in [1.54, 1.807) is 42.5 Å². The van der Waals surface area contributed by atoms with Gasteiger partial charge < -0.3 is 0 Å². The third kappa shape index (κ3) is 1.76. The Morgan fingerprint density at radius 2 is 1.68 bits per heavy atom. The second-order valence-corrected chi connectivity index (χ2v) is 5.95. The van der Waals surface area contributed by atoms with Gasteiger partial charge in [-0.2, -0.15) is 13.2 Å². The maximum absolute atomic E-state index is 13.6. The molecule has 0 radical (unpaired) electrons. The van der Waals surface area contributed by atoms with Crippen molar-refractivity contribution >= 4 is 38.2 Å². The highest BCUT2D eigenvalue weighted by atomic mass is 19.4. The number of aromatic nitrogens is 2. The van der Waals surface area contributed by atoms with Gasteiger partial charge in [-0.15, -0.1) is 0 Å². The highest BCUT2D eigenvalue weighted by Gasteiger charge is 2.34. The molecule has 2 heterocycles. The zero-order valence-corrected chi connectivity index (χ0v) is 12.6. The van der Waals surface area contributed by atoms with Crippen molar-refractivity contribution in [3.8, 4) is 0 Å². The molecule has 0 bridgehead atoms. The Morgan fingerprint density at radius 3 is 2.48 bits per heavy atom. The average Bonchev–Trinajstić information content (AvgIpc) is 2.98. The maximum atomic E-state index is 13.6. The number of hydrogen-bond acceptors (Lipinski definition) is 2. The Morgan fingerprint density at radius 1 is 0.880 bits per heavy atom. The highest BCUT2D eigenvalue weighted by molar-refractivity contribution is 6.16. The zero-order valence-electron chi connectivity index (χ0n) is 12.6. The Bertz CT molecular complexity index is 1350. The summed E-state index contributed by atoms with van der Waals surface area (Å²) in [5.41, 5.74) is -0.105. The smallest absolute Gasteiger partial charge is 0.268 e. The van der Waals surface area contributed by atoms with Crippen LogP contribution in [0.25, 0.3) is 38.2 Å². The molecule has 3 nitrogen and oxygen atoms in total. The Balaban J connectivity index is 2.23. The summed E-state index contributed by atoms with van der Waals surface area (Å²) in [4.78, 5) is 17.3. The lowest BCUT2D eigenvalue weighted by Crippen LogP contribution is -2.15. The summed E-state index contributed by atoms with van der Waals surface area (Å²) in [5, 5.41) is 1.13. The molecule has 0 spiro atoms. The van der Waals surface area contributed by atoms with Gasteiger partial charge in [-0.25, -0.2) is 4.98 Å². The molecule has 5 aromatic rings. The number of benzene rings is 3. The minimum absolute atomic E-state index is 0.0311. The highest BCUT2D eigenvalue weighted by Crippen LogP contribution is 2.39. The van der Waals surface area contributed by atoms with Crippen LogP contribution in [-0.4, -0.2) is 9.38 Å². The lowest BCUT2D eigenvalue weighted by atomic mass is 9.98. The number of para-hydroxylation sites is 2. The van der Waals surface area contributed by atoms with E-state index >= 15 is 0 Å². The first kappa shape index (κ1) is 14.2. The summed E-state index contributed by atoms with van der Waals surface area (Å²) in [6.07, 6.45) is -4.54. The summed E-state index contributed by atoms with van der Waals surface area (Å²) in [6, 6.07) is 14.2. The monoisotopic (exact) mass is 338 g/mol. The first-order valence-corrected chi connectivity index (χ1v) is 7.62. The minimum Gasteiger partial charge on any atom is -0.268 e. The molecule has 0 amide bonds. The molecule has 0 aliphatic carbocycles. The predicted octanol–water partition coefficient (Wildman–Crippen LogP) is 4.61. The van der Waals surface area contributed by atoms with Crippen molar-refractivity contribution in [1.82, 2.24) is 9.38 Å². The SMILES string of the molecule is O=c1c2cccc3ccc(C(F)(F)F)c(c32)c2nc3ccccc3n12. The van der Waals surface area contributed by atoms with Gasteiger partial charge in [-0.3, -0.25) is 9.20 Å². The molecule has 5 rings (SSSR count). The average molecular weight is 338 g/mol. The molecule has 0 saturated carbocycles. The molecule has 0 N–H and O–H groups in total. The molecule has 0 atom stereocenters. The number of halogens is 3. The molecule has 0 aliphatic heterocycles. The zero-order chi connectivity index (χ0) is 17.3. The van der Waals surface area contributed by atoms with Gasteiger partial charge >= 0.3 is 6.18 Å². The first-order chi connectivity index (χ1) is 12.0. The molecule has 122 valence electrons. The fraction of sp³-hybridized carbons (Fsp3) is 0.0526. The molecule has 0 aliphatic rings. The van der Waals surface area contributed by atoms with E-state index in [2.05, 4.69) is 4.98 Å². The fourth-order valence-corrected chi connectivity index (χ4v) is 3.55. The van der Waals surface area contributed by atoms with E-state index in [-0.39, 0.29) is 22.0 Å². The fourth-order valence-electron chi connectivity index (χ4n) is 3.55. The number of alkyl halides is 3. The van der Waals surface area contributed by atoms with Gasteiger partial charge in [0.15, 0.2) is 0 Å². The lowest BCUT2D eigenvalue weighted by Gasteiger charge is -2.14. The van der Waals surface area contributed by atoms with Gasteiger partial charge in [0, 0.05) is 16.2 Å². The van der Waals surface area contributed by atoms with Gasteiger partial charge in [0.2, 0.25) is 0 Å². The number of pyridine rings is 1. The Hall–Kier alpha value is -3.15. The second-order valence-electron chi connectivity index (χ2n) is 5.95. The minimum atomic E-state index is -4.54. The van der Waals surface area contributed by atoms with Crippen LogP contribution in [0.3, 0.4) is 0 Å². The van der Waals surface area contributed by atoms with Crippen molar-refractivity contribution in [2.75, 3.05) is 0 Å². The van der Waals surface area contributed by atoms with E-state index < -0.39 is 11.7 Å². The Labute approximate surface area is 138 Å². The van der Waals surface area contributed by atoms with Crippen LogP contribution in [0.15, 0.2) is 59.4 Å². The molecular formula is C19H9F3N2O. The third-order valence-corrected chi connectivity index (χ3v) is 4.57. The van der Waals surface area contributed by atoms with Crippen LogP contribution in [0.1, 0.15) is 5.56 Å². The lowest BCUT2D eigenvalue weighted by molar-refractivity contribution is -0.136. The maximum Gasteiger partial charge on any atom is 0.417 e. The van der Waals surface area contributed by atoms with Crippen molar-refractivity contribution in [3.63, 3.8) is 0 Å². The van der Waals surface area contributed by atoms with Crippen molar-refractivity contribution < 1.29 is 13.2 Å². The molecule has 6 heteroatoms. The number of imidazole rings is 1. The van der Waals surface area contributed by atoms with Crippen molar-refractivity contribution in [2.24, 2.45) is 0 Å². The quantitative estimate of drug-likeness (QED) is 0.413. The molecule has 0 fully saturated rings. The van der Waals surface area contributed by atoms with Crippen molar-refractivity contribution in [1.29, 1.82) is 0 Å². The molecule has 0 unspecified atom stereocenters. The van der Waals surface area contributed by atoms with Crippen LogP contribution >= 0.6 is 0 Å². The summed E-state index contributed by atoms with van der Waals surface area (Å²) in [7, 11) is 0. The topological polar surface area (TPSA) is 34.4 Å². The van der Waals surface area contributed by atoms with E-state index in [0.717, 1.165) is 6.07 Å². The molecule has 0 saturated heterocycles. The first-order valence-electron chi connectivity index (χ1n) is 7.62. The molecule has 3 aromatic carbocycles. The predicted molar refractivity (Wildman–Crippen MR) is 90.2 cm³/mol. The Kier molecular flexibility index (Phi) is 2.54. The van der Waals surface area contributed by atoms with Gasteiger partial charge in [-0.05, 0) is 29.7 Å². The van der Waals surface area contributed by atoms with Crippen LogP contribution in [0, 0.1) is 0 Å². The number of hydrogen-bond donors (Lipinski definition) is 0. The van der Waals surface area contributed by atoms with Gasteiger partial charge in [0.1, 0.15) is 5.65 Å². The van der Waals surface area contributed by atoms with Crippen LogP contribution in [0.5, 0.6) is 0 Å². The summed E-state index contributed by atoms with van der Waals surface area (Å²) >= 11 is 0. The van der Waals surface area contributed by atoms with Crippen LogP contribution in [-0.2, 0) is 6.18 Å². The normalized spacial score (nSPS) is 12.8. The molecule has 2 aromatic heterocycles. The second kappa shape index (κ2) is 4.47. The largest absolute Gasteiger partial charge is 0.417 e. The molecular weight excluding hydrogens is 329 g/mol. The van der Waals surface area contributed by atoms with Crippen LogP contribution in [0.2, 0.25) is 0 Å². The van der Waals surface area contributed by atoms with E-state index in [4.69, 9.17) is 0 Å². The third-order valence-electron chi connectivity index (χ3n) is 4.57. The van der Waals surface area contributed by atoms with Gasteiger partial charge in [0.05, 0.1) is 16.6 Å². The van der Waals surface area contributed by atoms with E-state index in [9.17, 15) is 18.0 Å². The van der Waals surface area contributed by atoms with Gasteiger partial charge in [-0.1, -0.05) is 30.3 Å². The van der Waals surface area contributed by atoms with Crippen molar-refractivity contribution in [2.45, 2.75) is 6.18 Å². The molecule has 25 heavy (non-hydrogen) atoms. The van der Waals surface area contributed by atoms with E-state index in [1.807, 2.05) is 0 Å². The van der Waals surface area contributed by atoms with E-state index in [1.165, 1.54) is 10.5 Å². The van der Waals surface area contributed by atoms with E-state index in [0.29, 0.717) is 21.8 Å². The summed E-state index contributed by atoms with van der Waals surface area (Å²) < 4.78 is 42.2. The summed E-state index contributed by atoms with van der Waals surface area (Å²) in [6.45, 7) is 0. The number of fused-ring (bicyclic) bond motifs is 4.